The lowest BCUT2D eigenvalue weighted by Crippen LogP contribution is -2.14. The molecule has 0 aliphatic rings. The van der Waals surface area contributed by atoms with Crippen LogP contribution in [0.2, 0.25) is 0 Å². The van der Waals surface area contributed by atoms with Crippen LogP contribution in [0.15, 0.2) is 0 Å². The van der Waals surface area contributed by atoms with Crippen molar-refractivity contribution >= 4 is 6.21 Å². The summed E-state index contributed by atoms with van der Waals surface area (Å²) in [4.78, 5) is 0. The van der Waals surface area contributed by atoms with Crippen LogP contribution in [0.4, 0.5) is 0 Å². The van der Waals surface area contributed by atoms with Gasteiger partial charge in [-0.15, -0.1) is 0 Å². The molecule has 0 aliphatic carbocycles. The molecule has 11 heavy (non-hydrogen) atoms. The second-order valence-electron chi connectivity index (χ2n) is 3.20. The van der Waals surface area contributed by atoms with Crippen LogP contribution in [0.3, 0.4) is 0 Å². The van der Waals surface area contributed by atoms with Crippen molar-refractivity contribution < 1.29 is 0 Å². The zero-order chi connectivity index (χ0) is 8.69. The van der Waals surface area contributed by atoms with Gasteiger partial charge in [-0.25, -0.2) is 0 Å². The molecule has 0 saturated heterocycles. The van der Waals surface area contributed by atoms with Crippen LogP contribution in [0.1, 0.15) is 46.5 Å². The Hall–Kier alpha value is -0.330. The topological polar surface area (TPSA) is 23.9 Å². The largest absolute Gasteiger partial charge is 0.313 e. The third kappa shape index (κ3) is 3.54. The summed E-state index contributed by atoms with van der Waals surface area (Å²) in [6.07, 6.45) is 6.47. The van der Waals surface area contributed by atoms with E-state index in [2.05, 4.69) is 20.8 Å². The van der Waals surface area contributed by atoms with E-state index in [9.17, 15) is 0 Å². The van der Waals surface area contributed by atoms with E-state index in [1.807, 2.05) is 0 Å². The quantitative estimate of drug-likeness (QED) is 0.568. The Labute approximate surface area is 70.7 Å². The van der Waals surface area contributed by atoms with E-state index >= 15 is 0 Å². The van der Waals surface area contributed by atoms with Gasteiger partial charge in [-0.1, -0.05) is 40.0 Å². The molecule has 0 aliphatic heterocycles. The highest BCUT2D eigenvalue weighted by Gasteiger charge is 2.14. The van der Waals surface area contributed by atoms with Crippen molar-refractivity contribution in [1.82, 2.24) is 0 Å². The van der Waals surface area contributed by atoms with Gasteiger partial charge in [0.1, 0.15) is 0 Å². The first-order chi connectivity index (χ1) is 5.29. The first-order valence-electron chi connectivity index (χ1n) is 4.80. The van der Waals surface area contributed by atoms with Crippen LogP contribution in [0.5, 0.6) is 0 Å². The molecule has 0 aromatic heterocycles. The molecule has 0 aromatic rings. The Balaban J connectivity index is 3.86. The number of hydrogen-bond acceptors (Lipinski definition) is 1. The summed E-state index contributed by atoms with van der Waals surface area (Å²) in [6.45, 7) is 6.64. The molecule has 66 valence electrons. The molecule has 0 bridgehead atoms. The molecule has 0 fully saturated rings. The highest BCUT2D eigenvalue weighted by atomic mass is 14.4. The molecular formula is C10H21N. The van der Waals surface area contributed by atoms with Crippen LogP contribution < -0.4 is 0 Å². The normalized spacial score (nSPS) is 13.5. The first-order valence-corrected chi connectivity index (χ1v) is 4.80. The summed E-state index contributed by atoms with van der Waals surface area (Å²) in [5.41, 5.74) is 0. The molecule has 0 amide bonds. The minimum atomic E-state index is 0.537. The second kappa shape index (κ2) is 6.38. The zero-order valence-electron chi connectivity index (χ0n) is 8.06. The number of nitrogens with one attached hydrogen (secondary N) is 1. The maximum absolute atomic E-state index is 7.28. The van der Waals surface area contributed by atoms with Gasteiger partial charge in [-0.3, -0.25) is 0 Å². The van der Waals surface area contributed by atoms with Crippen molar-refractivity contribution in [1.29, 1.82) is 5.41 Å². The van der Waals surface area contributed by atoms with E-state index < -0.39 is 0 Å². The third-order valence-corrected chi connectivity index (χ3v) is 2.49. The molecule has 1 heteroatoms. The van der Waals surface area contributed by atoms with Crippen molar-refractivity contribution in [2.75, 3.05) is 0 Å². The molecule has 0 aromatic carbocycles. The Morgan fingerprint density at radius 3 is 2.00 bits per heavy atom. The van der Waals surface area contributed by atoms with Crippen molar-refractivity contribution in [3.8, 4) is 0 Å². The maximum Gasteiger partial charge on any atom is -0.00140 e. The highest BCUT2D eigenvalue weighted by molar-refractivity contribution is 5.57. The fourth-order valence-electron chi connectivity index (χ4n) is 1.68. The van der Waals surface area contributed by atoms with Crippen molar-refractivity contribution in [3.63, 3.8) is 0 Å². The third-order valence-electron chi connectivity index (χ3n) is 2.49. The lowest BCUT2D eigenvalue weighted by atomic mass is 9.86. The molecule has 1 N–H and O–H groups in total. The summed E-state index contributed by atoms with van der Waals surface area (Å²) in [7, 11) is 0. The molecule has 1 unspecified atom stereocenters. The predicted octanol–water partition coefficient (Wildman–Crippen LogP) is 3.49. The molecule has 0 rings (SSSR count). The highest BCUT2D eigenvalue weighted by Crippen LogP contribution is 2.21. The fraction of sp³-hybridized carbons (Fsp3) is 0.900. The van der Waals surface area contributed by atoms with E-state index in [1.165, 1.54) is 25.7 Å². The fourth-order valence-corrected chi connectivity index (χ4v) is 1.68. The average molecular weight is 155 g/mol. The molecule has 0 heterocycles. The maximum atomic E-state index is 7.28. The van der Waals surface area contributed by atoms with Crippen molar-refractivity contribution in [3.05, 3.63) is 0 Å². The standard InChI is InChI=1S/C10H21N/c1-4-7-10(8-11)9(5-2)6-3/h8-11H,4-7H2,1-3H3. The average Bonchev–Trinajstić information content (AvgIpc) is 2.05. The monoisotopic (exact) mass is 155 g/mol. The molecule has 1 nitrogen and oxygen atoms in total. The van der Waals surface area contributed by atoms with Gasteiger partial charge < -0.3 is 5.41 Å². The molecule has 0 radical (unpaired) electrons. The minimum absolute atomic E-state index is 0.537. The molecular weight excluding hydrogens is 134 g/mol. The van der Waals surface area contributed by atoms with E-state index in [4.69, 9.17) is 5.41 Å². The van der Waals surface area contributed by atoms with Gasteiger partial charge in [0.2, 0.25) is 0 Å². The summed E-state index contributed by atoms with van der Waals surface area (Å²) >= 11 is 0. The van der Waals surface area contributed by atoms with Gasteiger partial charge in [0, 0.05) is 0 Å². The Morgan fingerprint density at radius 2 is 1.73 bits per heavy atom. The lowest BCUT2D eigenvalue weighted by Gasteiger charge is -2.20. The van der Waals surface area contributed by atoms with Gasteiger partial charge >= 0.3 is 0 Å². The van der Waals surface area contributed by atoms with Crippen LogP contribution in [0, 0.1) is 17.2 Å². The number of rotatable bonds is 6. The van der Waals surface area contributed by atoms with Crippen molar-refractivity contribution in [2.24, 2.45) is 11.8 Å². The zero-order valence-corrected chi connectivity index (χ0v) is 8.06. The number of hydrogen-bond donors (Lipinski definition) is 1. The van der Waals surface area contributed by atoms with E-state index in [1.54, 1.807) is 6.21 Å². The van der Waals surface area contributed by atoms with Gasteiger partial charge in [0.25, 0.3) is 0 Å². The van der Waals surface area contributed by atoms with Gasteiger partial charge in [0.15, 0.2) is 0 Å². The molecule has 0 spiro atoms. The lowest BCUT2D eigenvalue weighted by molar-refractivity contribution is 0.375. The van der Waals surface area contributed by atoms with E-state index in [0.29, 0.717) is 5.92 Å². The summed E-state index contributed by atoms with van der Waals surface area (Å²) in [5.74, 6) is 1.28. The molecule has 0 saturated carbocycles. The SMILES string of the molecule is CCCC(C=N)C(CC)CC. The molecule has 1 atom stereocenters. The van der Waals surface area contributed by atoms with Crippen LogP contribution in [0.25, 0.3) is 0 Å². The van der Waals surface area contributed by atoms with Crippen LogP contribution >= 0.6 is 0 Å². The van der Waals surface area contributed by atoms with Gasteiger partial charge in [-0.2, -0.15) is 0 Å². The van der Waals surface area contributed by atoms with E-state index in [-0.39, 0.29) is 0 Å². The van der Waals surface area contributed by atoms with Crippen LogP contribution in [-0.2, 0) is 0 Å². The van der Waals surface area contributed by atoms with Gasteiger partial charge in [-0.05, 0) is 24.5 Å². The Morgan fingerprint density at radius 1 is 1.18 bits per heavy atom. The predicted molar refractivity (Wildman–Crippen MR) is 51.3 cm³/mol. The summed E-state index contributed by atoms with van der Waals surface area (Å²) in [5, 5.41) is 7.28. The Kier molecular flexibility index (Phi) is 6.19. The summed E-state index contributed by atoms with van der Waals surface area (Å²) < 4.78 is 0. The van der Waals surface area contributed by atoms with Crippen LogP contribution in [-0.4, -0.2) is 6.21 Å². The minimum Gasteiger partial charge on any atom is -0.313 e. The second-order valence-corrected chi connectivity index (χ2v) is 3.20. The van der Waals surface area contributed by atoms with E-state index in [0.717, 1.165) is 5.92 Å². The van der Waals surface area contributed by atoms with Gasteiger partial charge in [0.05, 0.1) is 0 Å². The smallest absolute Gasteiger partial charge is 0.00140 e. The summed E-state index contributed by atoms with van der Waals surface area (Å²) in [6, 6.07) is 0. The Bertz CT molecular complexity index is 95.0. The van der Waals surface area contributed by atoms with Crippen molar-refractivity contribution in [2.45, 2.75) is 46.5 Å². The first kappa shape index (κ1) is 10.7.